The van der Waals surface area contributed by atoms with Gasteiger partial charge in [-0.25, -0.2) is 0 Å². The molecule has 2 aliphatic rings. The molecule has 1 heterocycles. The molecule has 1 atom stereocenters. The molecule has 0 spiro atoms. The van der Waals surface area contributed by atoms with Crippen LogP contribution in [0.4, 0.5) is 0 Å². The highest BCUT2D eigenvalue weighted by molar-refractivity contribution is 5.76. The van der Waals surface area contributed by atoms with Crippen molar-refractivity contribution >= 4 is 5.91 Å². The van der Waals surface area contributed by atoms with Crippen LogP contribution in [0.3, 0.4) is 0 Å². The molecule has 0 radical (unpaired) electrons. The highest BCUT2D eigenvalue weighted by Gasteiger charge is 2.17. The number of amides is 1. The molecule has 1 aliphatic heterocycles. The third-order valence-electron chi connectivity index (χ3n) is 4.42. The molecule has 1 saturated heterocycles. The van der Waals surface area contributed by atoms with Crippen molar-refractivity contribution in [3.8, 4) is 0 Å². The molecule has 0 aromatic heterocycles. The first-order valence-corrected chi connectivity index (χ1v) is 7.84. The minimum atomic E-state index is 0.272. The fourth-order valence-corrected chi connectivity index (χ4v) is 3.25. The molecule has 2 rings (SSSR count). The molecule has 2 fully saturated rings. The molecule has 1 unspecified atom stereocenters. The Kier molecular flexibility index (Phi) is 5.98. The van der Waals surface area contributed by atoms with Gasteiger partial charge in [0.2, 0.25) is 5.91 Å². The first-order valence-electron chi connectivity index (χ1n) is 7.84. The summed E-state index contributed by atoms with van der Waals surface area (Å²) >= 11 is 0. The number of nitrogens with one attached hydrogen (secondary N) is 2. The molecule has 104 valence electrons. The van der Waals surface area contributed by atoms with E-state index < -0.39 is 0 Å². The Morgan fingerprint density at radius 2 is 1.83 bits per heavy atom. The van der Waals surface area contributed by atoms with Gasteiger partial charge in [-0.1, -0.05) is 38.5 Å². The van der Waals surface area contributed by atoms with Gasteiger partial charge in [0.15, 0.2) is 0 Å². The van der Waals surface area contributed by atoms with E-state index in [2.05, 4.69) is 10.6 Å². The lowest BCUT2D eigenvalue weighted by Gasteiger charge is -2.22. The molecule has 3 heteroatoms. The second-order valence-corrected chi connectivity index (χ2v) is 6.01. The summed E-state index contributed by atoms with van der Waals surface area (Å²) in [7, 11) is 0. The largest absolute Gasteiger partial charge is 0.352 e. The summed E-state index contributed by atoms with van der Waals surface area (Å²) in [6.45, 7) is 2.06. The third-order valence-corrected chi connectivity index (χ3v) is 4.42. The number of carbonyl (C=O) groups excluding carboxylic acids is 1. The first-order chi connectivity index (χ1) is 8.84. The molecule has 0 bridgehead atoms. The molecule has 0 aromatic rings. The standard InChI is InChI=1S/C15H28N2O/c18-15(10-9-13-6-2-1-3-7-13)17-14-8-4-5-11-16-12-14/h13-14,16H,1-12H2,(H,17,18). The lowest BCUT2D eigenvalue weighted by Crippen LogP contribution is -2.40. The van der Waals surface area contributed by atoms with E-state index in [1.54, 1.807) is 0 Å². The molecular weight excluding hydrogens is 224 g/mol. The van der Waals surface area contributed by atoms with Crippen molar-refractivity contribution in [3.05, 3.63) is 0 Å². The van der Waals surface area contributed by atoms with E-state index in [1.807, 2.05) is 0 Å². The third kappa shape index (κ3) is 4.97. The lowest BCUT2D eigenvalue weighted by molar-refractivity contribution is -0.122. The van der Waals surface area contributed by atoms with Crippen LogP contribution in [0.15, 0.2) is 0 Å². The predicted octanol–water partition coefficient (Wildman–Crippen LogP) is 2.61. The quantitative estimate of drug-likeness (QED) is 0.807. The second kappa shape index (κ2) is 7.78. The fraction of sp³-hybridized carbons (Fsp3) is 0.933. The van der Waals surface area contributed by atoms with Crippen molar-refractivity contribution in [2.45, 2.75) is 70.3 Å². The monoisotopic (exact) mass is 252 g/mol. The average Bonchev–Trinajstić information content (AvgIpc) is 2.66. The van der Waals surface area contributed by atoms with Crippen LogP contribution in [0, 0.1) is 5.92 Å². The van der Waals surface area contributed by atoms with Gasteiger partial charge in [0.1, 0.15) is 0 Å². The van der Waals surface area contributed by atoms with Gasteiger partial charge < -0.3 is 10.6 Å². The molecule has 3 nitrogen and oxygen atoms in total. The molecule has 1 saturated carbocycles. The summed E-state index contributed by atoms with van der Waals surface area (Å²) in [6, 6.07) is 0.367. The minimum absolute atomic E-state index is 0.272. The second-order valence-electron chi connectivity index (χ2n) is 6.01. The first kappa shape index (κ1) is 13.9. The Morgan fingerprint density at radius 1 is 1.06 bits per heavy atom. The average molecular weight is 252 g/mol. The minimum Gasteiger partial charge on any atom is -0.352 e. The number of hydrogen-bond donors (Lipinski definition) is 2. The molecule has 1 aliphatic carbocycles. The van der Waals surface area contributed by atoms with Crippen LogP contribution in [-0.2, 0) is 4.79 Å². The topological polar surface area (TPSA) is 41.1 Å². The summed E-state index contributed by atoms with van der Waals surface area (Å²) in [6.07, 6.45) is 12.3. The van der Waals surface area contributed by atoms with E-state index in [-0.39, 0.29) is 5.91 Å². The zero-order valence-electron chi connectivity index (χ0n) is 11.5. The molecule has 2 N–H and O–H groups in total. The van der Waals surface area contributed by atoms with Gasteiger partial charge in [-0.15, -0.1) is 0 Å². The SMILES string of the molecule is O=C(CCC1CCCCC1)NC1CCCCNC1. The van der Waals surface area contributed by atoms with Gasteiger partial charge in [-0.05, 0) is 31.7 Å². The van der Waals surface area contributed by atoms with Gasteiger partial charge in [0.25, 0.3) is 0 Å². The number of hydrogen-bond acceptors (Lipinski definition) is 2. The van der Waals surface area contributed by atoms with Gasteiger partial charge in [0, 0.05) is 19.0 Å². The molecule has 0 aromatic carbocycles. The highest BCUT2D eigenvalue weighted by atomic mass is 16.1. The van der Waals surface area contributed by atoms with Crippen LogP contribution in [0.25, 0.3) is 0 Å². The maximum atomic E-state index is 11.9. The van der Waals surface area contributed by atoms with Crippen LogP contribution >= 0.6 is 0 Å². The maximum Gasteiger partial charge on any atom is 0.220 e. The highest BCUT2D eigenvalue weighted by Crippen LogP contribution is 2.27. The van der Waals surface area contributed by atoms with Gasteiger partial charge >= 0.3 is 0 Å². The van der Waals surface area contributed by atoms with Crippen LogP contribution in [0.5, 0.6) is 0 Å². The van der Waals surface area contributed by atoms with Gasteiger partial charge in [-0.2, -0.15) is 0 Å². The van der Waals surface area contributed by atoms with Crippen LogP contribution < -0.4 is 10.6 Å². The van der Waals surface area contributed by atoms with Crippen molar-refractivity contribution in [2.75, 3.05) is 13.1 Å². The van der Waals surface area contributed by atoms with Crippen LogP contribution in [-0.4, -0.2) is 25.0 Å². The number of carbonyl (C=O) groups is 1. The van der Waals surface area contributed by atoms with E-state index >= 15 is 0 Å². The summed E-state index contributed by atoms with van der Waals surface area (Å²) in [5.74, 6) is 1.09. The van der Waals surface area contributed by atoms with Crippen LogP contribution in [0.1, 0.15) is 64.2 Å². The van der Waals surface area contributed by atoms with Gasteiger partial charge in [-0.3, -0.25) is 4.79 Å². The van der Waals surface area contributed by atoms with Crippen molar-refractivity contribution in [1.82, 2.24) is 10.6 Å². The van der Waals surface area contributed by atoms with Crippen molar-refractivity contribution in [3.63, 3.8) is 0 Å². The normalized spacial score (nSPS) is 26.6. The smallest absolute Gasteiger partial charge is 0.220 e. The van der Waals surface area contributed by atoms with Crippen molar-refractivity contribution in [2.24, 2.45) is 5.92 Å². The lowest BCUT2D eigenvalue weighted by atomic mass is 9.86. The predicted molar refractivity (Wildman–Crippen MR) is 74.5 cm³/mol. The zero-order valence-corrected chi connectivity index (χ0v) is 11.5. The maximum absolute atomic E-state index is 11.9. The Hall–Kier alpha value is -0.570. The van der Waals surface area contributed by atoms with E-state index in [0.717, 1.165) is 38.3 Å². The zero-order chi connectivity index (χ0) is 12.6. The Balaban J connectivity index is 1.61. The van der Waals surface area contributed by atoms with Crippen molar-refractivity contribution in [1.29, 1.82) is 0 Å². The summed E-state index contributed by atoms with van der Waals surface area (Å²) < 4.78 is 0. The Morgan fingerprint density at radius 3 is 2.67 bits per heavy atom. The van der Waals surface area contributed by atoms with Crippen LogP contribution in [0.2, 0.25) is 0 Å². The van der Waals surface area contributed by atoms with Gasteiger partial charge in [0.05, 0.1) is 0 Å². The van der Waals surface area contributed by atoms with E-state index in [9.17, 15) is 4.79 Å². The van der Waals surface area contributed by atoms with E-state index in [1.165, 1.54) is 44.9 Å². The summed E-state index contributed by atoms with van der Waals surface area (Å²) in [5, 5.41) is 6.59. The number of rotatable bonds is 4. The molecule has 1 amide bonds. The summed E-state index contributed by atoms with van der Waals surface area (Å²) in [5.41, 5.74) is 0. The van der Waals surface area contributed by atoms with E-state index in [4.69, 9.17) is 0 Å². The molecular formula is C15H28N2O. The molecule has 18 heavy (non-hydrogen) atoms. The Bertz CT molecular complexity index is 241. The van der Waals surface area contributed by atoms with E-state index in [0.29, 0.717) is 6.04 Å². The fourth-order valence-electron chi connectivity index (χ4n) is 3.25. The summed E-state index contributed by atoms with van der Waals surface area (Å²) in [4.78, 5) is 11.9. The Labute approximate surface area is 111 Å². The van der Waals surface area contributed by atoms with Crippen molar-refractivity contribution < 1.29 is 4.79 Å².